The van der Waals surface area contributed by atoms with Gasteiger partial charge in [-0.05, 0) is 48.5 Å². The maximum atomic E-state index is 11.8. The lowest BCUT2D eigenvalue weighted by atomic mass is 10.3. The normalized spacial score (nSPS) is 10.9. The fourth-order valence-corrected chi connectivity index (χ4v) is 1.76. The summed E-state index contributed by atoms with van der Waals surface area (Å²) >= 11 is 5.78. The molecule has 0 aliphatic rings. The highest BCUT2D eigenvalue weighted by Crippen LogP contribution is 2.16. The highest BCUT2D eigenvalue weighted by molar-refractivity contribution is 6.30. The maximum Gasteiger partial charge on any atom is 0.325 e. The van der Waals surface area contributed by atoms with Gasteiger partial charge in [0.05, 0.1) is 12.8 Å². The second-order valence-electron chi connectivity index (χ2n) is 4.28. The van der Waals surface area contributed by atoms with E-state index in [1.165, 1.54) is 0 Å². The number of rotatable bonds is 3. The van der Waals surface area contributed by atoms with Crippen molar-refractivity contribution in [1.82, 2.24) is 5.32 Å². The smallest absolute Gasteiger partial charge is 0.325 e. The quantitative estimate of drug-likeness (QED) is 0.600. The number of halogens is 1. The van der Waals surface area contributed by atoms with Crippen LogP contribution in [0.15, 0.2) is 53.5 Å². The molecule has 0 aliphatic heterocycles. The Labute approximate surface area is 132 Å². The molecule has 0 bridgehead atoms. The Morgan fingerprint density at radius 3 is 2.36 bits per heavy atom. The monoisotopic (exact) mass is 318 g/mol. The van der Waals surface area contributed by atoms with E-state index in [9.17, 15) is 4.79 Å². The molecule has 0 radical (unpaired) electrons. The third-order valence-electron chi connectivity index (χ3n) is 2.67. The van der Waals surface area contributed by atoms with E-state index in [1.54, 1.807) is 55.6 Å². The second kappa shape index (κ2) is 7.33. The van der Waals surface area contributed by atoms with E-state index in [2.05, 4.69) is 15.6 Å². The molecule has 0 aliphatic carbocycles. The lowest BCUT2D eigenvalue weighted by Gasteiger charge is -2.07. The molecule has 2 aromatic carbocycles. The van der Waals surface area contributed by atoms with Crippen LogP contribution in [-0.2, 0) is 0 Å². The minimum absolute atomic E-state index is 0.0201. The number of methoxy groups -OCH3 is 1. The molecule has 0 fully saturated rings. The van der Waals surface area contributed by atoms with Crippen molar-refractivity contribution >= 4 is 35.0 Å². The molecule has 2 amide bonds. The van der Waals surface area contributed by atoms with Crippen molar-refractivity contribution in [2.75, 3.05) is 12.4 Å². The Bertz CT molecular complexity index is 669. The average Bonchev–Trinajstić information content (AvgIpc) is 2.50. The molecular weight excluding hydrogens is 304 g/mol. The molecule has 0 aromatic heterocycles. The van der Waals surface area contributed by atoms with Crippen LogP contribution in [0.5, 0.6) is 5.75 Å². The fraction of sp³-hybridized carbons (Fsp3) is 0.0667. The number of hydrogen-bond acceptors (Lipinski definition) is 3. The zero-order valence-corrected chi connectivity index (χ0v) is 12.6. The number of carbonyl (C=O) groups excluding carboxylic acids is 1. The minimum atomic E-state index is -0.486. The van der Waals surface area contributed by atoms with Gasteiger partial charge in [-0.2, -0.15) is 0 Å². The summed E-state index contributed by atoms with van der Waals surface area (Å²) in [6, 6.07) is 13.2. The van der Waals surface area contributed by atoms with Crippen LogP contribution in [0, 0.1) is 0 Å². The highest BCUT2D eigenvalue weighted by Gasteiger charge is 2.04. The van der Waals surface area contributed by atoms with Gasteiger partial charge in [0.25, 0.3) is 0 Å². The first kappa shape index (κ1) is 15.7. The summed E-state index contributed by atoms with van der Waals surface area (Å²) in [5, 5.41) is 5.66. The van der Waals surface area contributed by atoms with E-state index in [-0.39, 0.29) is 5.96 Å². The number of urea groups is 1. The van der Waals surface area contributed by atoms with Crippen LogP contribution in [0.3, 0.4) is 0 Å². The number of anilines is 1. The van der Waals surface area contributed by atoms with Gasteiger partial charge >= 0.3 is 6.03 Å². The van der Waals surface area contributed by atoms with E-state index in [0.29, 0.717) is 22.1 Å². The van der Waals surface area contributed by atoms with Gasteiger partial charge in [0.15, 0.2) is 0 Å². The molecule has 7 heteroatoms. The van der Waals surface area contributed by atoms with Gasteiger partial charge in [-0.15, -0.1) is 0 Å². The molecule has 0 unspecified atom stereocenters. The van der Waals surface area contributed by atoms with Crippen molar-refractivity contribution in [2.45, 2.75) is 0 Å². The first-order valence-electron chi connectivity index (χ1n) is 6.38. The van der Waals surface area contributed by atoms with Crippen LogP contribution in [0.2, 0.25) is 5.02 Å². The number of nitrogens with one attached hydrogen (secondary N) is 2. The summed E-state index contributed by atoms with van der Waals surface area (Å²) in [6.45, 7) is 0. The highest BCUT2D eigenvalue weighted by atomic mass is 35.5. The van der Waals surface area contributed by atoms with Gasteiger partial charge in [-0.3, -0.25) is 5.32 Å². The van der Waals surface area contributed by atoms with E-state index < -0.39 is 6.03 Å². The van der Waals surface area contributed by atoms with Gasteiger partial charge < -0.3 is 15.8 Å². The predicted molar refractivity (Wildman–Crippen MR) is 87.9 cm³/mol. The molecule has 6 nitrogen and oxygen atoms in total. The number of nitrogens with zero attached hydrogens (tertiary/aromatic N) is 1. The molecule has 0 saturated carbocycles. The zero-order chi connectivity index (χ0) is 15.9. The van der Waals surface area contributed by atoms with Crippen LogP contribution in [-0.4, -0.2) is 19.1 Å². The van der Waals surface area contributed by atoms with E-state index in [1.807, 2.05) is 0 Å². The Hall–Kier alpha value is -2.73. The van der Waals surface area contributed by atoms with Gasteiger partial charge in [0.1, 0.15) is 5.75 Å². The number of guanidine groups is 1. The lowest BCUT2D eigenvalue weighted by Crippen LogP contribution is -2.39. The molecule has 114 valence electrons. The largest absolute Gasteiger partial charge is 0.497 e. The number of nitrogens with two attached hydrogens (primary N) is 1. The van der Waals surface area contributed by atoms with E-state index in [4.69, 9.17) is 22.1 Å². The van der Waals surface area contributed by atoms with Gasteiger partial charge in [0.2, 0.25) is 5.96 Å². The van der Waals surface area contributed by atoms with Crippen molar-refractivity contribution in [3.8, 4) is 5.75 Å². The van der Waals surface area contributed by atoms with Crippen LogP contribution in [0.25, 0.3) is 0 Å². The molecule has 2 aromatic rings. The molecule has 0 saturated heterocycles. The SMILES string of the molecule is COc1ccc(NC(=O)NC(N)=Nc2ccc(Cl)cc2)cc1. The zero-order valence-electron chi connectivity index (χ0n) is 11.8. The number of aliphatic imine (C=N–C) groups is 1. The molecular formula is C15H15ClN4O2. The van der Waals surface area contributed by atoms with Crippen LogP contribution < -0.4 is 21.1 Å². The minimum Gasteiger partial charge on any atom is -0.497 e. The topological polar surface area (TPSA) is 88.7 Å². The molecule has 0 atom stereocenters. The van der Waals surface area contributed by atoms with Crippen molar-refractivity contribution in [1.29, 1.82) is 0 Å². The van der Waals surface area contributed by atoms with Gasteiger partial charge in [-0.1, -0.05) is 11.6 Å². The van der Waals surface area contributed by atoms with E-state index >= 15 is 0 Å². The number of hydrogen-bond donors (Lipinski definition) is 3. The summed E-state index contributed by atoms with van der Waals surface area (Å²) in [5.74, 6) is 0.683. The molecule has 22 heavy (non-hydrogen) atoms. The van der Waals surface area contributed by atoms with Gasteiger partial charge in [-0.25, -0.2) is 9.79 Å². The van der Waals surface area contributed by atoms with Crippen molar-refractivity contribution in [3.63, 3.8) is 0 Å². The molecule has 0 spiro atoms. The first-order chi connectivity index (χ1) is 10.6. The lowest BCUT2D eigenvalue weighted by molar-refractivity contribution is 0.256. The number of ether oxygens (including phenoxy) is 1. The van der Waals surface area contributed by atoms with Crippen molar-refractivity contribution < 1.29 is 9.53 Å². The summed E-state index contributed by atoms with van der Waals surface area (Å²) in [6.07, 6.45) is 0. The summed E-state index contributed by atoms with van der Waals surface area (Å²) in [5.41, 5.74) is 6.87. The van der Waals surface area contributed by atoms with E-state index in [0.717, 1.165) is 0 Å². The van der Waals surface area contributed by atoms with Crippen molar-refractivity contribution in [3.05, 3.63) is 53.6 Å². The van der Waals surface area contributed by atoms with Crippen molar-refractivity contribution in [2.24, 2.45) is 10.7 Å². The first-order valence-corrected chi connectivity index (χ1v) is 6.76. The second-order valence-corrected chi connectivity index (χ2v) is 4.72. The van der Waals surface area contributed by atoms with Crippen LogP contribution in [0.1, 0.15) is 0 Å². The van der Waals surface area contributed by atoms with Gasteiger partial charge in [0, 0.05) is 10.7 Å². The summed E-state index contributed by atoms with van der Waals surface area (Å²) in [7, 11) is 1.57. The summed E-state index contributed by atoms with van der Waals surface area (Å²) < 4.78 is 5.04. The Morgan fingerprint density at radius 2 is 1.77 bits per heavy atom. The third kappa shape index (κ3) is 4.68. The Balaban J connectivity index is 1.94. The van der Waals surface area contributed by atoms with Crippen LogP contribution in [0.4, 0.5) is 16.2 Å². The number of benzene rings is 2. The number of carbonyl (C=O) groups is 1. The average molecular weight is 319 g/mol. The van der Waals surface area contributed by atoms with Crippen LogP contribution >= 0.6 is 11.6 Å². The maximum absolute atomic E-state index is 11.8. The molecule has 0 heterocycles. The Kier molecular flexibility index (Phi) is 5.21. The third-order valence-corrected chi connectivity index (χ3v) is 2.92. The molecule has 2 rings (SSSR count). The molecule has 4 N–H and O–H groups in total. The summed E-state index contributed by atoms with van der Waals surface area (Å²) in [4.78, 5) is 15.8. The number of amides is 2. The predicted octanol–water partition coefficient (Wildman–Crippen LogP) is 3.12. The Morgan fingerprint density at radius 1 is 1.14 bits per heavy atom. The standard InChI is InChI=1S/C15H15ClN4O2/c1-22-13-8-6-12(7-9-13)19-15(21)20-14(17)18-11-4-2-10(16)3-5-11/h2-9H,1H3,(H4,17,18,19,20,21). The fourth-order valence-electron chi connectivity index (χ4n) is 1.64.